The van der Waals surface area contributed by atoms with Gasteiger partial charge in [0, 0.05) is 18.2 Å². The minimum atomic E-state index is -1.03. The van der Waals surface area contributed by atoms with Gasteiger partial charge in [0.05, 0.1) is 30.4 Å². The molecule has 0 radical (unpaired) electrons. The van der Waals surface area contributed by atoms with Gasteiger partial charge in [-0.25, -0.2) is 4.39 Å². The molecule has 0 bridgehead atoms. The monoisotopic (exact) mass is 427 g/mol. The number of likely N-dealkylation sites (tertiary alicyclic amines) is 1. The van der Waals surface area contributed by atoms with Crippen molar-refractivity contribution in [1.29, 1.82) is 0 Å². The lowest BCUT2D eigenvalue weighted by Crippen LogP contribution is -2.30. The van der Waals surface area contributed by atoms with Gasteiger partial charge in [0.15, 0.2) is 0 Å². The first kappa shape index (κ1) is 22.3. The fourth-order valence-corrected chi connectivity index (χ4v) is 3.75. The second kappa shape index (κ2) is 9.64. The minimum absolute atomic E-state index is 0.153. The van der Waals surface area contributed by atoms with Gasteiger partial charge in [-0.3, -0.25) is 9.59 Å². The zero-order valence-electron chi connectivity index (χ0n) is 17.9. The predicted molar refractivity (Wildman–Crippen MR) is 114 cm³/mol. The van der Waals surface area contributed by atoms with Crippen molar-refractivity contribution in [3.05, 3.63) is 65.0 Å². The van der Waals surface area contributed by atoms with E-state index in [1.807, 2.05) is 13.8 Å². The van der Waals surface area contributed by atoms with Crippen LogP contribution in [0.1, 0.15) is 44.4 Å². The maximum Gasteiger partial charge on any atom is 0.295 e. The standard InChI is InChI=1S/C24H26FNO5/c1-4-13-26-21(16-9-7-8-10-18(16)25)20(23(28)24(26)29)22(27)17-12-11-15(30-5-2)14-19(17)31-6-3/h7-12,14,21,27H,4-6,13H2,1-3H3/b22-20+. The van der Waals surface area contributed by atoms with E-state index in [0.717, 1.165) is 0 Å². The van der Waals surface area contributed by atoms with Crippen molar-refractivity contribution in [2.45, 2.75) is 33.2 Å². The number of rotatable bonds is 8. The van der Waals surface area contributed by atoms with Crippen LogP contribution in [0.3, 0.4) is 0 Å². The number of carbonyl (C=O) groups is 2. The molecule has 0 spiro atoms. The molecule has 2 aromatic carbocycles. The van der Waals surface area contributed by atoms with Crippen LogP contribution in [0.25, 0.3) is 5.76 Å². The first-order valence-corrected chi connectivity index (χ1v) is 10.4. The molecule has 1 unspecified atom stereocenters. The number of aliphatic hydroxyl groups is 1. The van der Waals surface area contributed by atoms with Gasteiger partial charge in [0.2, 0.25) is 0 Å². The normalized spacial score (nSPS) is 17.8. The Morgan fingerprint density at radius 3 is 2.42 bits per heavy atom. The number of benzene rings is 2. The molecule has 7 heteroatoms. The number of aliphatic hydroxyl groups excluding tert-OH is 1. The molecule has 0 aromatic heterocycles. The predicted octanol–water partition coefficient (Wildman–Crippen LogP) is 4.45. The molecule has 1 saturated heterocycles. The first-order valence-electron chi connectivity index (χ1n) is 10.4. The third-order valence-corrected chi connectivity index (χ3v) is 5.02. The molecule has 1 amide bonds. The topological polar surface area (TPSA) is 76.1 Å². The summed E-state index contributed by atoms with van der Waals surface area (Å²) >= 11 is 0. The third-order valence-electron chi connectivity index (χ3n) is 5.02. The van der Waals surface area contributed by atoms with Crippen LogP contribution >= 0.6 is 0 Å². The summed E-state index contributed by atoms with van der Waals surface area (Å²) in [5, 5.41) is 11.2. The summed E-state index contributed by atoms with van der Waals surface area (Å²) in [4.78, 5) is 27.0. The zero-order chi connectivity index (χ0) is 22.5. The Bertz CT molecular complexity index is 1020. The Morgan fingerprint density at radius 2 is 1.77 bits per heavy atom. The highest BCUT2D eigenvalue weighted by atomic mass is 19.1. The molecule has 0 aliphatic carbocycles. The minimum Gasteiger partial charge on any atom is -0.507 e. The number of hydrogen-bond donors (Lipinski definition) is 1. The van der Waals surface area contributed by atoms with E-state index in [9.17, 15) is 19.1 Å². The molecule has 164 valence electrons. The molecule has 1 aliphatic heterocycles. The van der Waals surface area contributed by atoms with E-state index in [0.29, 0.717) is 31.1 Å². The molecule has 31 heavy (non-hydrogen) atoms. The fraction of sp³-hybridized carbons (Fsp3) is 0.333. The van der Waals surface area contributed by atoms with Crippen LogP contribution < -0.4 is 9.47 Å². The van der Waals surface area contributed by atoms with E-state index in [-0.39, 0.29) is 23.2 Å². The van der Waals surface area contributed by atoms with Gasteiger partial charge in [-0.1, -0.05) is 25.1 Å². The maximum atomic E-state index is 14.7. The van der Waals surface area contributed by atoms with Crippen LogP contribution in [-0.4, -0.2) is 41.5 Å². The van der Waals surface area contributed by atoms with Crippen molar-refractivity contribution in [2.24, 2.45) is 0 Å². The Labute approximate surface area is 180 Å². The van der Waals surface area contributed by atoms with Crippen molar-refractivity contribution in [3.63, 3.8) is 0 Å². The lowest BCUT2D eigenvalue weighted by molar-refractivity contribution is -0.139. The molecular weight excluding hydrogens is 401 g/mol. The van der Waals surface area contributed by atoms with Crippen LogP contribution in [0.4, 0.5) is 4.39 Å². The van der Waals surface area contributed by atoms with Gasteiger partial charge in [0.25, 0.3) is 11.7 Å². The van der Waals surface area contributed by atoms with E-state index in [1.54, 1.807) is 31.2 Å². The SMILES string of the molecule is CCCN1C(=O)C(=O)/C(=C(/O)c2ccc(OCC)cc2OCC)C1c1ccccc1F. The second-order valence-corrected chi connectivity index (χ2v) is 7.04. The van der Waals surface area contributed by atoms with E-state index >= 15 is 0 Å². The maximum absolute atomic E-state index is 14.7. The molecule has 1 heterocycles. The van der Waals surface area contributed by atoms with E-state index < -0.39 is 29.3 Å². The number of Topliss-reactive ketones (excluding diaryl/α,β-unsaturated/α-hetero) is 1. The summed E-state index contributed by atoms with van der Waals surface area (Å²) in [5.41, 5.74) is 0.232. The van der Waals surface area contributed by atoms with E-state index in [1.165, 1.54) is 23.1 Å². The average Bonchev–Trinajstić information content (AvgIpc) is 2.99. The van der Waals surface area contributed by atoms with Gasteiger partial charge in [-0.15, -0.1) is 0 Å². The van der Waals surface area contributed by atoms with Gasteiger partial charge in [-0.05, 0) is 38.5 Å². The Balaban J connectivity index is 2.22. The Hall–Kier alpha value is -3.35. The van der Waals surface area contributed by atoms with Crippen molar-refractivity contribution < 1.29 is 28.6 Å². The molecule has 3 rings (SSSR count). The summed E-state index contributed by atoms with van der Waals surface area (Å²) in [6.45, 7) is 6.51. The largest absolute Gasteiger partial charge is 0.507 e. The number of halogens is 1. The number of hydrogen-bond acceptors (Lipinski definition) is 5. The summed E-state index contributed by atoms with van der Waals surface area (Å²) in [6, 6.07) is 9.74. The summed E-state index contributed by atoms with van der Waals surface area (Å²) in [5.74, 6) is -1.73. The van der Waals surface area contributed by atoms with Crippen LogP contribution in [0.5, 0.6) is 11.5 Å². The molecule has 1 fully saturated rings. The number of amides is 1. The molecule has 2 aromatic rings. The summed E-state index contributed by atoms with van der Waals surface area (Å²) < 4.78 is 25.8. The van der Waals surface area contributed by atoms with Gasteiger partial charge in [0.1, 0.15) is 23.1 Å². The summed E-state index contributed by atoms with van der Waals surface area (Å²) in [7, 11) is 0. The highest BCUT2D eigenvalue weighted by molar-refractivity contribution is 6.46. The number of ketones is 1. The third kappa shape index (κ3) is 4.26. The molecule has 1 N–H and O–H groups in total. The number of ether oxygens (including phenoxy) is 2. The quantitative estimate of drug-likeness (QED) is 0.383. The van der Waals surface area contributed by atoms with Crippen LogP contribution in [0, 0.1) is 5.82 Å². The van der Waals surface area contributed by atoms with E-state index in [2.05, 4.69) is 0 Å². The molecule has 0 saturated carbocycles. The van der Waals surface area contributed by atoms with Crippen molar-refractivity contribution in [1.82, 2.24) is 4.90 Å². The Kier molecular flexibility index (Phi) is 6.95. The fourth-order valence-electron chi connectivity index (χ4n) is 3.75. The van der Waals surface area contributed by atoms with E-state index in [4.69, 9.17) is 9.47 Å². The smallest absolute Gasteiger partial charge is 0.295 e. The van der Waals surface area contributed by atoms with Crippen LogP contribution in [0.2, 0.25) is 0 Å². The highest BCUT2D eigenvalue weighted by Gasteiger charge is 2.46. The number of carbonyl (C=O) groups excluding carboxylic acids is 2. The van der Waals surface area contributed by atoms with Crippen LogP contribution in [0.15, 0.2) is 48.0 Å². The highest BCUT2D eigenvalue weighted by Crippen LogP contribution is 2.42. The molecule has 1 atom stereocenters. The number of nitrogens with zero attached hydrogens (tertiary/aromatic N) is 1. The van der Waals surface area contributed by atoms with Gasteiger partial charge >= 0.3 is 0 Å². The molecule has 6 nitrogen and oxygen atoms in total. The van der Waals surface area contributed by atoms with Crippen molar-refractivity contribution in [2.75, 3.05) is 19.8 Å². The van der Waals surface area contributed by atoms with Crippen molar-refractivity contribution >= 4 is 17.4 Å². The van der Waals surface area contributed by atoms with Crippen molar-refractivity contribution in [3.8, 4) is 11.5 Å². The first-order chi connectivity index (χ1) is 14.9. The lowest BCUT2D eigenvalue weighted by Gasteiger charge is -2.25. The van der Waals surface area contributed by atoms with Gasteiger partial charge < -0.3 is 19.5 Å². The van der Waals surface area contributed by atoms with Crippen LogP contribution in [-0.2, 0) is 9.59 Å². The molecular formula is C24H26FNO5. The Morgan fingerprint density at radius 1 is 1.06 bits per heavy atom. The lowest BCUT2D eigenvalue weighted by atomic mass is 9.94. The second-order valence-electron chi connectivity index (χ2n) is 7.04. The average molecular weight is 427 g/mol. The van der Waals surface area contributed by atoms with Gasteiger partial charge in [-0.2, -0.15) is 0 Å². The zero-order valence-corrected chi connectivity index (χ0v) is 17.9. The summed E-state index contributed by atoms with van der Waals surface area (Å²) in [6.07, 6.45) is 0.575. The molecule has 1 aliphatic rings.